The van der Waals surface area contributed by atoms with Crippen molar-refractivity contribution in [2.75, 3.05) is 12.4 Å². The predicted molar refractivity (Wildman–Crippen MR) is 67.9 cm³/mol. The molecule has 0 aliphatic rings. The first-order chi connectivity index (χ1) is 9.10. The number of ether oxygens (including phenoxy) is 1. The zero-order valence-electron chi connectivity index (χ0n) is 9.85. The minimum absolute atomic E-state index is 0.0204. The van der Waals surface area contributed by atoms with Gasteiger partial charge in [0.15, 0.2) is 0 Å². The van der Waals surface area contributed by atoms with Gasteiger partial charge in [-0.05, 0) is 18.2 Å². The van der Waals surface area contributed by atoms with Crippen LogP contribution in [0, 0.1) is 5.82 Å². The molecule has 5 nitrogen and oxygen atoms in total. The minimum atomic E-state index is -0.623. The van der Waals surface area contributed by atoms with Crippen LogP contribution in [0.15, 0.2) is 30.6 Å². The van der Waals surface area contributed by atoms with Crippen molar-refractivity contribution < 1.29 is 13.9 Å². The molecule has 2 rings (SSSR count). The van der Waals surface area contributed by atoms with Crippen molar-refractivity contribution in [2.24, 2.45) is 0 Å². The fourth-order valence-corrected chi connectivity index (χ4v) is 1.51. The van der Waals surface area contributed by atoms with Crippen LogP contribution < -0.4 is 10.1 Å². The van der Waals surface area contributed by atoms with Crippen molar-refractivity contribution in [1.29, 1.82) is 0 Å². The molecule has 1 aromatic carbocycles. The molecule has 0 unspecified atom stereocenters. The lowest BCUT2D eigenvalue weighted by Gasteiger charge is -2.06. The first-order valence-corrected chi connectivity index (χ1v) is 5.60. The van der Waals surface area contributed by atoms with Crippen molar-refractivity contribution in [2.45, 2.75) is 0 Å². The predicted octanol–water partition coefficient (Wildman–Crippen LogP) is 2.53. The standard InChI is InChI=1S/C12H9ClFN3O2/c1-19-11-5-10(15-6-16-11)12(18)17-9-3-2-7(13)4-8(9)14/h2-6H,1H3,(H,17,18). The fraction of sp³-hybridized carbons (Fsp3) is 0.0833. The third-order valence-electron chi connectivity index (χ3n) is 2.26. The second-order valence-electron chi connectivity index (χ2n) is 3.52. The van der Waals surface area contributed by atoms with E-state index in [2.05, 4.69) is 15.3 Å². The van der Waals surface area contributed by atoms with Crippen LogP contribution >= 0.6 is 11.6 Å². The number of carbonyl (C=O) groups is 1. The van der Waals surface area contributed by atoms with Gasteiger partial charge in [0, 0.05) is 11.1 Å². The number of amides is 1. The minimum Gasteiger partial charge on any atom is -0.481 e. The van der Waals surface area contributed by atoms with Crippen LogP contribution in [0.1, 0.15) is 10.5 Å². The van der Waals surface area contributed by atoms with Gasteiger partial charge in [-0.2, -0.15) is 0 Å². The number of carbonyl (C=O) groups excluding carboxylic acids is 1. The van der Waals surface area contributed by atoms with E-state index in [1.165, 1.54) is 31.6 Å². The Balaban J connectivity index is 2.20. The normalized spacial score (nSPS) is 10.1. The second-order valence-corrected chi connectivity index (χ2v) is 3.96. The van der Waals surface area contributed by atoms with Crippen LogP contribution in [0.4, 0.5) is 10.1 Å². The molecule has 7 heteroatoms. The Labute approximate surface area is 113 Å². The highest BCUT2D eigenvalue weighted by molar-refractivity contribution is 6.30. The van der Waals surface area contributed by atoms with Crippen molar-refractivity contribution in [3.05, 3.63) is 47.1 Å². The Morgan fingerprint density at radius 3 is 2.84 bits per heavy atom. The van der Waals surface area contributed by atoms with Gasteiger partial charge in [0.25, 0.3) is 5.91 Å². The maximum Gasteiger partial charge on any atom is 0.274 e. The lowest BCUT2D eigenvalue weighted by molar-refractivity contribution is 0.102. The first kappa shape index (κ1) is 13.2. The monoisotopic (exact) mass is 281 g/mol. The summed E-state index contributed by atoms with van der Waals surface area (Å²) in [4.78, 5) is 19.4. The van der Waals surface area contributed by atoms with E-state index in [1.54, 1.807) is 0 Å². The van der Waals surface area contributed by atoms with E-state index in [4.69, 9.17) is 16.3 Å². The summed E-state index contributed by atoms with van der Waals surface area (Å²) in [7, 11) is 1.42. The van der Waals surface area contributed by atoms with Gasteiger partial charge in [-0.25, -0.2) is 14.4 Å². The summed E-state index contributed by atoms with van der Waals surface area (Å²) in [5.74, 6) is -0.944. The summed E-state index contributed by atoms with van der Waals surface area (Å²) < 4.78 is 18.4. The summed E-state index contributed by atoms with van der Waals surface area (Å²) in [6.45, 7) is 0. The van der Waals surface area contributed by atoms with Crippen molar-refractivity contribution in [3.63, 3.8) is 0 Å². The average Bonchev–Trinajstić information content (AvgIpc) is 2.42. The molecule has 98 valence electrons. The number of hydrogen-bond acceptors (Lipinski definition) is 4. The van der Waals surface area contributed by atoms with E-state index in [0.29, 0.717) is 0 Å². The SMILES string of the molecule is COc1cc(C(=O)Nc2ccc(Cl)cc2F)ncn1. The van der Waals surface area contributed by atoms with E-state index < -0.39 is 11.7 Å². The van der Waals surface area contributed by atoms with E-state index in [0.717, 1.165) is 6.07 Å². The highest BCUT2D eigenvalue weighted by atomic mass is 35.5. The molecule has 0 spiro atoms. The molecule has 1 aromatic heterocycles. The maximum atomic E-state index is 13.5. The summed E-state index contributed by atoms with van der Waals surface area (Å²) in [5, 5.41) is 2.64. The zero-order chi connectivity index (χ0) is 13.8. The lowest BCUT2D eigenvalue weighted by Crippen LogP contribution is -2.15. The Bertz CT molecular complexity index is 622. The largest absolute Gasteiger partial charge is 0.481 e. The Morgan fingerprint density at radius 2 is 2.16 bits per heavy atom. The van der Waals surface area contributed by atoms with Gasteiger partial charge in [0.2, 0.25) is 5.88 Å². The molecule has 0 saturated heterocycles. The smallest absolute Gasteiger partial charge is 0.274 e. The summed E-state index contributed by atoms with van der Waals surface area (Å²) in [6, 6.07) is 5.30. The van der Waals surface area contributed by atoms with Crippen LogP contribution in [0.25, 0.3) is 0 Å². The number of hydrogen-bond donors (Lipinski definition) is 1. The number of nitrogens with zero attached hydrogens (tertiary/aromatic N) is 2. The molecule has 1 N–H and O–H groups in total. The van der Waals surface area contributed by atoms with Crippen LogP contribution in [-0.2, 0) is 0 Å². The summed E-state index contributed by atoms with van der Waals surface area (Å²) >= 11 is 5.62. The van der Waals surface area contributed by atoms with E-state index in [9.17, 15) is 9.18 Å². The molecule has 0 bridgehead atoms. The molecule has 1 amide bonds. The van der Waals surface area contributed by atoms with Crippen LogP contribution in [0.2, 0.25) is 5.02 Å². The van der Waals surface area contributed by atoms with Crippen LogP contribution in [0.5, 0.6) is 5.88 Å². The lowest BCUT2D eigenvalue weighted by atomic mass is 10.3. The van der Waals surface area contributed by atoms with Crippen molar-refractivity contribution in [1.82, 2.24) is 9.97 Å². The van der Waals surface area contributed by atoms with E-state index in [1.807, 2.05) is 0 Å². The molecule has 0 fully saturated rings. The molecule has 0 atom stereocenters. The number of benzene rings is 1. The van der Waals surface area contributed by atoms with Gasteiger partial charge >= 0.3 is 0 Å². The average molecular weight is 282 g/mol. The number of methoxy groups -OCH3 is 1. The molecule has 0 aliphatic carbocycles. The molecule has 1 heterocycles. The second kappa shape index (κ2) is 5.62. The van der Waals surface area contributed by atoms with Gasteiger partial charge in [-0.1, -0.05) is 11.6 Å². The summed E-state index contributed by atoms with van der Waals surface area (Å²) in [6.07, 6.45) is 1.19. The third-order valence-corrected chi connectivity index (χ3v) is 2.50. The molecule has 0 radical (unpaired) electrons. The number of halogens is 2. The van der Waals surface area contributed by atoms with Gasteiger partial charge in [0.05, 0.1) is 12.8 Å². The Hall–Kier alpha value is -2.21. The molecular weight excluding hydrogens is 273 g/mol. The maximum absolute atomic E-state index is 13.5. The van der Waals surface area contributed by atoms with E-state index in [-0.39, 0.29) is 22.3 Å². The number of anilines is 1. The van der Waals surface area contributed by atoms with Gasteiger partial charge in [0.1, 0.15) is 17.8 Å². The Kier molecular flexibility index (Phi) is 3.91. The van der Waals surface area contributed by atoms with Gasteiger partial charge in [-0.15, -0.1) is 0 Å². The molecular formula is C12H9ClFN3O2. The van der Waals surface area contributed by atoms with Crippen LogP contribution in [-0.4, -0.2) is 23.0 Å². The third kappa shape index (κ3) is 3.17. The van der Waals surface area contributed by atoms with Gasteiger partial charge < -0.3 is 10.1 Å². The van der Waals surface area contributed by atoms with E-state index >= 15 is 0 Å². The highest BCUT2D eigenvalue weighted by Crippen LogP contribution is 2.19. The number of nitrogens with one attached hydrogen (secondary N) is 1. The fourth-order valence-electron chi connectivity index (χ4n) is 1.35. The molecule has 2 aromatic rings. The van der Waals surface area contributed by atoms with Crippen molar-refractivity contribution >= 4 is 23.2 Å². The molecule has 0 saturated carbocycles. The van der Waals surface area contributed by atoms with Crippen LogP contribution in [0.3, 0.4) is 0 Å². The van der Waals surface area contributed by atoms with Crippen molar-refractivity contribution in [3.8, 4) is 5.88 Å². The zero-order valence-corrected chi connectivity index (χ0v) is 10.6. The Morgan fingerprint density at radius 1 is 1.37 bits per heavy atom. The van der Waals surface area contributed by atoms with Gasteiger partial charge in [-0.3, -0.25) is 4.79 Å². The molecule has 19 heavy (non-hydrogen) atoms. The number of aromatic nitrogens is 2. The molecule has 0 aliphatic heterocycles. The quantitative estimate of drug-likeness (QED) is 0.939. The highest BCUT2D eigenvalue weighted by Gasteiger charge is 2.12. The topological polar surface area (TPSA) is 64.1 Å². The number of rotatable bonds is 3. The summed E-state index contributed by atoms with van der Waals surface area (Å²) in [5.41, 5.74) is 0.0909. The first-order valence-electron chi connectivity index (χ1n) is 5.22.